The second-order valence-electron chi connectivity index (χ2n) is 3.69. The van der Waals surface area contributed by atoms with Gasteiger partial charge in [0.2, 0.25) is 0 Å². The number of hydrogen-bond acceptors (Lipinski definition) is 4. The molecule has 0 aromatic carbocycles. The minimum absolute atomic E-state index is 0.261. The van der Waals surface area contributed by atoms with Crippen LogP contribution in [-0.4, -0.2) is 29.9 Å². The highest BCUT2D eigenvalue weighted by atomic mass is 16.5. The van der Waals surface area contributed by atoms with Crippen LogP contribution in [0.2, 0.25) is 0 Å². The summed E-state index contributed by atoms with van der Waals surface area (Å²) in [6.07, 6.45) is 3.27. The molecule has 0 aliphatic heterocycles. The van der Waals surface area contributed by atoms with Crippen LogP contribution >= 0.6 is 0 Å². The van der Waals surface area contributed by atoms with E-state index in [9.17, 15) is 5.11 Å². The Morgan fingerprint density at radius 1 is 1.44 bits per heavy atom. The lowest BCUT2D eigenvalue weighted by molar-refractivity contribution is -0.00170. The van der Waals surface area contributed by atoms with Gasteiger partial charge in [0.25, 0.3) is 0 Å². The summed E-state index contributed by atoms with van der Waals surface area (Å²) in [5.41, 5.74) is 0.711. The van der Waals surface area contributed by atoms with Crippen LogP contribution in [0.25, 0.3) is 0 Å². The number of methoxy groups -OCH3 is 1. The van der Waals surface area contributed by atoms with Gasteiger partial charge in [0, 0.05) is 18.9 Å². The molecule has 0 amide bonds. The Labute approximate surface area is 96.2 Å². The standard InChI is InChI=1S/C12H19NO3/c1-4-5-16-11-6-10(7-13-8-11)12(14)9(2)15-3/h6-9,12,14H,4-5H2,1-3H3. The third-order valence-corrected chi connectivity index (χ3v) is 2.37. The molecule has 0 spiro atoms. The van der Waals surface area contributed by atoms with Crippen molar-refractivity contribution in [2.45, 2.75) is 32.5 Å². The van der Waals surface area contributed by atoms with E-state index in [0.717, 1.165) is 6.42 Å². The first-order valence-electron chi connectivity index (χ1n) is 5.47. The summed E-state index contributed by atoms with van der Waals surface area (Å²) in [5, 5.41) is 9.92. The van der Waals surface area contributed by atoms with Gasteiger partial charge < -0.3 is 14.6 Å². The van der Waals surface area contributed by atoms with E-state index in [0.29, 0.717) is 17.9 Å². The van der Waals surface area contributed by atoms with Gasteiger partial charge in [0.05, 0.1) is 18.9 Å². The molecule has 4 heteroatoms. The van der Waals surface area contributed by atoms with E-state index in [-0.39, 0.29) is 6.10 Å². The number of aliphatic hydroxyl groups excluding tert-OH is 1. The molecule has 1 aromatic heterocycles. The molecule has 0 saturated heterocycles. The first kappa shape index (κ1) is 12.9. The van der Waals surface area contributed by atoms with Crippen LogP contribution in [0, 0.1) is 0 Å². The summed E-state index contributed by atoms with van der Waals surface area (Å²) in [4.78, 5) is 4.03. The van der Waals surface area contributed by atoms with Crippen molar-refractivity contribution in [3.05, 3.63) is 24.0 Å². The zero-order valence-corrected chi connectivity index (χ0v) is 10.0. The highest BCUT2D eigenvalue weighted by Gasteiger charge is 2.16. The van der Waals surface area contributed by atoms with Crippen LogP contribution in [0.4, 0.5) is 0 Å². The zero-order valence-electron chi connectivity index (χ0n) is 10.0. The highest BCUT2D eigenvalue weighted by molar-refractivity contribution is 5.25. The van der Waals surface area contributed by atoms with Gasteiger partial charge in [-0.15, -0.1) is 0 Å². The average molecular weight is 225 g/mol. The molecular formula is C12H19NO3. The van der Waals surface area contributed by atoms with Crippen molar-refractivity contribution in [2.24, 2.45) is 0 Å². The summed E-state index contributed by atoms with van der Waals surface area (Å²) in [6, 6.07) is 1.79. The number of nitrogens with zero attached hydrogens (tertiary/aromatic N) is 1. The molecule has 1 heterocycles. The summed E-state index contributed by atoms with van der Waals surface area (Å²) in [5.74, 6) is 0.682. The molecule has 1 N–H and O–H groups in total. The predicted molar refractivity (Wildman–Crippen MR) is 61.5 cm³/mol. The maximum Gasteiger partial charge on any atom is 0.137 e. The normalized spacial score (nSPS) is 14.5. The van der Waals surface area contributed by atoms with Gasteiger partial charge in [-0.2, -0.15) is 0 Å². The molecule has 0 aliphatic carbocycles. The Morgan fingerprint density at radius 3 is 2.81 bits per heavy atom. The predicted octanol–water partition coefficient (Wildman–Crippen LogP) is 1.94. The Kier molecular flexibility index (Phi) is 5.22. The molecule has 16 heavy (non-hydrogen) atoms. The quantitative estimate of drug-likeness (QED) is 0.803. The monoisotopic (exact) mass is 225 g/mol. The summed E-state index contributed by atoms with van der Waals surface area (Å²) >= 11 is 0. The number of hydrogen-bond donors (Lipinski definition) is 1. The van der Waals surface area contributed by atoms with Gasteiger partial charge in [-0.1, -0.05) is 6.92 Å². The van der Waals surface area contributed by atoms with Crippen LogP contribution < -0.4 is 4.74 Å². The summed E-state index contributed by atoms with van der Waals surface area (Å²) in [6.45, 7) is 4.50. The minimum Gasteiger partial charge on any atom is -0.492 e. The lowest BCUT2D eigenvalue weighted by Crippen LogP contribution is -2.17. The molecule has 1 aromatic rings. The van der Waals surface area contributed by atoms with E-state index in [2.05, 4.69) is 4.98 Å². The van der Waals surface area contributed by atoms with Crippen LogP contribution in [-0.2, 0) is 4.74 Å². The van der Waals surface area contributed by atoms with E-state index in [4.69, 9.17) is 9.47 Å². The first-order chi connectivity index (χ1) is 7.69. The molecule has 4 nitrogen and oxygen atoms in total. The lowest BCUT2D eigenvalue weighted by atomic mass is 10.1. The first-order valence-corrected chi connectivity index (χ1v) is 5.47. The molecule has 0 fully saturated rings. The van der Waals surface area contributed by atoms with Crippen molar-refractivity contribution in [3.8, 4) is 5.75 Å². The highest BCUT2D eigenvalue weighted by Crippen LogP contribution is 2.21. The van der Waals surface area contributed by atoms with Crippen LogP contribution in [0.5, 0.6) is 5.75 Å². The topological polar surface area (TPSA) is 51.6 Å². The Bertz CT molecular complexity index is 317. The number of aliphatic hydroxyl groups is 1. The molecule has 2 unspecified atom stereocenters. The third-order valence-electron chi connectivity index (χ3n) is 2.37. The smallest absolute Gasteiger partial charge is 0.137 e. The fourth-order valence-electron chi connectivity index (χ4n) is 1.30. The molecular weight excluding hydrogens is 206 g/mol. The fraction of sp³-hybridized carbons (Fsp3) is 0.583. The minimum atomic E-state index is -0.678. The van der Waals surface area contributed by atoms with Crippen LogP contribution in [0.15, 0.2) is 18.5 Å². The Hall–Kier alpha value is -1.13. The fourth-order valence-corrected chi connectivity index (χ4v) is 1.30. The van der Waals surface area contributed by atoms with Crippen molar-refractivity contribution in [1.82, 2.24) is 4.98 Å². The Morgan fingerprint density at radius 2 is 2.19 bits per heavy atom. The summed E-state index contributed by atoms with van der Waals surface area (Å²) < 4.78 is 10.5. The molecule has 0 aliphatic rings. The van der Waals surface area contributed by atoms with Gasteiger partial charge in [-0.25, -0.2) is 0 Å². The van der Waals surface area contributed by atoms with E-state index in [1.54, 1.807) is 25.6 Å². The van der Waals surface area contributed by atoms with Crippen molar-refractivity contribution >= 4 is 0 Å². The number of aromatic nitrogens is 1. The van der Waals surface area contributed by atoms with E-state index < -0.39 is 6.10 Å². The second kappa shape index (κ2) is 6.45. The summed E-state index contributed by atoms with van der Waals surface area (Å²) in [7, 11) is 1.57. The second-order valence-corrected chi connectivity index (χ2v) is 3.69. The van der Waals surface area contributed by atoms with Crippen LogP contribution in [0.3, 0.4) is 0 Å². The maximum absolute atomic E-state index is 9.92. The van der Waals surface area contributed by atoms with Crippen LogP contribution in [0.1, 0.15) is 31.9 Å². The Balaban J connectivity index is 2.73. The molecule has 0 radical (unpaired) electrons. The molecule has 1 rings (SSSR count). The van der Waals surface area contributed by atoms with E-state index in [1.165, 1.54) is 0 Å². The van der Waals surface area contributed by atoms with Crippen molar-refractivity contribution in [3.63, 3.8) is 0 Å². The molecule has 0 saturated carbocycles. The average Bonchev–Trinajstić information content (AvgIpc) is 2.34. The van der Waals surface area contributed by atoms with Crippen molar-refractivity contribution in [2.75, 3.05) is 13.7 Å². The third kappa shape index (κ3) is 3.47. The van der Waals surface area contributed by atoms with E-state index >= 15 is 0 Å². The maximum atomic E-state index is 9.92. The van der Waals surface area contributed by atoms with Crippen molar-refractivity contribution in [1.29, 1.82) is 0 Å². The van der Waals surface area contributed by atoms with Gasteiger partial charge in [-0.3, -0.25) is 4.98 Å². The number of rotatable bonds is 6. The molecule has 2 atom stereocenters. The number of ether oxygens (including phenoxy) is 2. The van der Waals surface area contributed by atoms with Gasteiger partial charge in [-0.05, 0) is 19.4 Å². The zero-order chi connectivity index (χ0) is 12.0. The lowest BCUT2D eigenvalue weighted by Gasteiger charge is -2.17. The van der Waals surface area contributed by atoms with E-state index in [1.807, 2.05) is 13.8 Å². The molecule has 0 bridgehead atoms. The van der Waals surface area contributed by atoms with Crippen molar-refractivity contribution < 1.29 is 14.6 Å². The molecule has 90 valence electrons. The SMILES string of the molecule is CCCOc1cncc(C(O)C(C)OC)c1. The number of pyridine rings is 1. The van der Waals surface area contributed by atoms with Gasteiger partial charge >= 0.3 is 0 Å². The van der Waals surface area contributed by atoms with Gasteiger partial charge in [0.1, 0.15) is 11.9 Å². The largest absolute Gasteiger partial charge is 0.492 e. The van der Waals surface area contributed by atoms with Gasteiger partial charge in [0.15, 0.2) is 0 Å².